The van der Waals surface area contributed by atoms with Crippen LogP contribution in [0.15, 0.2) is 24.3 Å². The highest BCUT2D eigenvalue weighted by molar-refractivity contribution is 5.85. The number of para-hydroxylation sites is 1. The van der Waals surface area contributed by atoms with E-state index in [1.165, 1.54) is 10.9 Å². The zero-order chi connectivity index (χ0) is 15.8. The Morgan fingerprint density at radius 3 is 3.00 bits per heavy atom. The fraction of sp³-hybridized carbons (Fsp3) is 0.579. The van der Waals surface area contributed by atoms with Gasteiger partial charge in [0.15, 0.2) is 0 Å². The zero-order valence-electron chi connectivity index (χ0n) is 13.5. The first-order valence-corrected chi connectivity index (χ1v) is 8.82. The number of H-pyrrole nitrogens is 1. The zero-order valence-corrected chi connectivity index (χ0v) is 13.5. The first kappa shape index (κ1) is 14.0. The van der Waals surface area contributed by atoms with Gasteiger partial charge in [0.2, 0.25) is 0 Å². The molecule has 4 aliphatic rings. The largest absolute Gasteiger partial charge is 0.393 e. The molecule has 2 saturated heterocycles. The molecule has 23 heavy (non-hydrogen) atoms. The Bertz CT molecular complexity index is 768. The van der Waals surface area contributed by atoms with E-state index in [0.29, 0.717) is 5.92 Å². The Morgan fingerprint density at radius 2 is 2.17 bits per heavy atom. The van der Waals surface area contributed by atoms with Crippen molar-refractivity contribution in [2.24, 2.45) is 11.8 Å². The highest BCUT2D eigenvalue weighted by atomic mass is 16.3. The number of hydrogen-bond donors (Lipinski definition) is 3. The number of rotatable bonds is 1. The van der Waals surface area contributed by atoms with Crippen molar-refractivity contribution in [1.82, 2.24) is 9.88 Å². The van der Waals surface area contributed by atoms with E-state index in [9.17, 15) is 10.2 Å². The molecule has 1 saturated carbocycles. The van der Waals surface area contributed by atoms with Gasteiger partial charge in [-0.2, -0.15) is 0 Å². The second-order valence-corrected chi connectivity index (χ2v) is 7.85. The number of hydrogen-bond acceptors (Lipinski definition) is 3. The minimum atomic E-state index is -0.853. The van der Waals surface area contributed by atoms with Crippen molar-refractivity contribution >= 4 is 10.9 Å². The number of aromatic amines is 1. The van der Waals surface area contributed by atoms with Crippen molar-refractivity contribution < 1.29 is 10.2 Å². The van der Waals surface area contributed by atoms with Crippen LogP contribution in [0.25, 0.3) is 10.9 Å². The summed E-state index contributed by atoms with van der Waals surface area (Å²) in [4.78, 5) is 5.98. The van der Waals surface area contributed by atoms with E-state index >= 15 is 0 Å². The van der Waals surface area contributed by atoms with Crippen LogP contribution in [0.4, 0.5) is 0 Å². The van der Waals surface area contributed by atoms with Gasteiger partial charge in [0.25, 0.3) is 0 Å². The molecule has 4 bridgehead atoms. The molecule has 1 aromatic heterocycles. The van der Waals surface area contributed by atoms with Gasteiger partial charge in [-0.05, 0) is 43.7 Å². The summed E-state index contributed by atoms with van der Waals surface area (Å²) in [6, 6.07) is 8.39. The Kier molecular flexibility index (Phi) is 2.80. The molecule has 0 radical (unpaired) electrons. The molecule has 2 aromatic rings. The number of benzene rings is 1. The van der Waals surface area contributed by atoms with Gasteiger partial charge in [0, 0.05) is 36.0 Å². The average molecular weight is 312 g/mol. The molecule has 3 aliphatic heterocycles. The normalized spacial score (nSPS) is 40.0. The number of nitrogens with zero attached hydrogens (tertiary/aromatic N) is 1. The first-order chi connectivity index (χ1) is 11.1. The van der Waals surface area contributed by atoms with Crippen LogP contribution in [0, 0.1) is 11.8 Å². The summed E-state index contributed by atoms with van der Waals surface area (Å²) in [7, 11) is 0. The maximum atomic E-state index is 11.8. The summed E-state index contributed by atoms with van der Waals surface area (Å²) in [6.07, 6.45) is 2.45. The van der Waals surface area contributed by atoms with Gasteiger partial charge in [-0.3, -0.25) is 4.90 Å². The predicted octanol–water partition coefficient (Wildman–Crippen LogP) is 2.00. The summed E-state index contributed by atoms with van der Waals surface area (Å²) in [6.45, 7) is 3.92. The maximum Gasteiger partial charge on any atom is 0.121 e. The van der Waals surface area contributed by atoms with E-state index in [2.05, 4.69) is 28.1 Å². The lowest BCUT2D eigenvalue weighted by atomic mass is 9.62. The van der Waals surface area contributed by atoms with Crippen LogP contribution >= 0.6 is 0 Å². The van der Waals surface area contributed by atoms with Crippen LogP contribution < -0.4 is 0 Å². The van der Waals surface area contributed by atoms with Gasteiger partial charge in [-0.25, -0.2) is 0 Å². The molecule has 3 N–H and O–H groups in total. The van der Waals surface area contributed by atoms with E-state index in [1.54, 1.807) is 0 Å². The summed E-state index contributed by atoms with van der Waals surface area (Å²) >= 11 is 0. The number of nitrogens with one attached hydrogen (secondary N) is 1. The third kappa shape index (κ3) is 1.77. The minimum absolute atomic E-state index is 0.0295. The molecular formula is C19H24N2O2. The van der Waals surface area contributed by atoms with Gasteiger partial charge in [-0.1, -0.05) is 18.2 Å². The lowest BCUT2D eigenvalue weighted by Crippen LogP contribution is -2.66. The Hall–Kier alpha value is -1.36. The number of aliphatic hydroxyl groups is 2. The molecule has 6 rings (SSSR count). The Morgan fingerprint density at radius 1 is 1.35 bits per heavy atom. The third-order valence-electron chi connectivity index (χ3n) is 6.50. The second-order valence-electron chi connectivity index (χ2n) is 7.85. The van der Waals surface area contributed by atoms with Gasteiger partial charge in [0.1, 0.15) is 5.60 Å². The van der Waals surface area contributed by atoms with Crippen LogP contribution in [0.3, 0.4) is 0 Å². The highest BCUT2D eigenvalue weighted by Crippen LogP contribution is 2.53. The molecular weight excluding hydrogens is 288 g/mol. The molecule has 1 aliphatic carbocycles. The van der Waals surface area contributed by atoms with E-state index in [4.69, 9.17) is 0 Å². The monoisotopic (exact) mass is 312 g/mol. The summed E-state index contributed by atoms with van der Waals surface area (Å²) in [5.41, 5.74) is 2.56. The van der Waals surface area contributed by atoms with Crippen molar-refractivity contribution in [2.45, 2.75) is 43.9 Å². The second kappa shape index (κ2) is 4.59. The molecule has 4 nitrogen and oxygen atoms in total. The van der Waals surface area contributed by atoms with Gasteiger partial charge in [0.05, 0.1) is 11.8 Å². The van der Waals surface area contributed by atoms with Crippen molar-refractivity contribution in [3.63, 3.8) is 0 Å². The summed E-state index contributed by atoms with van der Waals surface area (Å²) in [5, 5.41) is 23.3. The highest BCUT2D eigenvalue weighted by Gasteiger charge is 2.58. The van der Waals surface area contributed by atoms with E-state index in [-0.39, 0.29) is 18.1 Å². The quantitative estimate of drug-likeness (QED) is 0.755. The number of piperidine rings is 2. The van der Waals surface area contributed by atoms with E-state index in [1.807, 2.05) is 13.0 Å². The van der Waals surface area contributed by atoms with Crippen LogP contribution in [0.5, 0.6) is 0 Å². The Balaban J connectivity index is 1.73. The fourth-order valence-electron chi connectivity index (χ4n) is 5.69. The van der Waals surface area contributed by atoms with Gasteiger partial charge in [-0.15, -0.1) is 0 Å². The van der Waals surface area contributed by atoms with Crippen LogP contribution in [0.2, 0.25) is 0 Å². The molecule has 4 heteroatoms. The van der Waals surface area contributed by atoms with Crippen molar-refractivity contribution in [1.29, 1.82) is 0 Å². The minimum Gasteiger partial charge on any atom is -0.393 e. The molecule has 4 heterocycles. The van der Waals surface area contributed by atoms with Crippen molar-refractivity contribution in [2.75, 3.05) is 13.1 Å². The van der Waals surface area contributed by atoms with E-state index < -0.39 is 5.60 Å². The fourth-order valence-corrected chi connectivity index (χ4v) is 5.69. The SMILES string of the molecule is C[C@@H](O)[C@H]1C[C@@H]2CN3CCc4c([nH]c5ccccc45)C(O)(C2)C13. The molecule has 1 aromatic carbocycles. The Labute approximate surface area is 136 Å². The van der Waals surface area contributed by atoms with Crippen LogP contribution in [-0.2, 0) is 12.0 Å². The number of aromatic nitrogens is 1. The van der Waals surface area contributed by atoms with Crippen LogP contribution in [0.1, 0.15) is 31.0 Å². The maximum absolute atomic E-state index is 11.8. The predicted molar refractivity (Wildman–Crippen MR) is 89.2 cm³/mol. The van der Waals surface area contributed by atoms with Crippen molar-refractivity contribution in [3.05, 3.63) is 35.5 Å². The lowest BCUT2D eigenvalue weighted by molar-refractivity contribution is -0.178. The van der Waals surface area contributed by atoms with Crippen LogP contribution in [-0.4, -0.2) is 45.3 Å². The molecule has 0 amide bonds. The molecule has 0 spiro atoms. The summed E-state index contributed by atoms with van der Waals surface area (Å²) < 4.78 is 0. The smallest absolute Gasteiger partial charge is 0.121 e. The summed E-state index contributed by atoms with van der Waals surface area (Å²) in [5.74, 6) is 0.631. The standard InChI is InChI=1S/C19H24N2O2/c1-11(22)15-8-12-9-19(23)17-14(6-7-21(10-12)18(15)19)13-4-2-3-5-16(13)20-17/h2-5,11-12,15,18,20,22-23H,6-10H2,1H3/t11-,12+,15-,18?,19?/m1/s1. The molecule has 3 unspecified atom stereocenters. The third-order valence-corrected chi connectivity index (χ3v) is 6.50. The molecule has 122 valence electrons. The number of aliphatic hydroxyl groups excluding tert-OH is 1. The lowest BCUT2D eigenvalue weighted by Gasteiger charge is -2.57. The number of fused-ring (bicyclic) bond motifs is 4. The van der Waals surface area contributed by atoms with Gasteiger partial charge >= 0.3 is 0 Å². The topological polar surface area (TPSA) is 59.5 Å². The average Bonchev–Trinajstić information content (AvgIpc) is 2.88. The first-order valence-electron chi connectivity index (χ1n) is 8.82. The van der Waals surface area contributed by atoms with Gasteiger partial charge < -0.3 is 15.2 Å². The molecule has 3 fully saturated rings. The van der Waals surface area contributed by atoms with Crippen molar-refractivity contribution in [3.8, 4) is 0 Å². The molecule has 6 atom stereocenters. The van der Waals surface area contributed by atoms with E-state index in [0.717, 1.165) is 43.6 Å².